The van der Waals surface area contributed by atoms with Crippen LogP contribution < -0.4 is 0 Å². The summed E-state index contributed by atoms with van der Waals surface area (Å²) in [6.07, 6.45) is 6.89. The van der Waals surface area contributed by atoms with Crippen molar-refractivity contribution < 1.29 is 0 Å². The summed E-state index contributed by atoms with van der Waals surface area (Å²) in [5.74, 6) is 4.99. The maximum atomic E-state index is 5.12. The molecule has 0 atom stereocenters. The van der Waals surface area contributed by atoms with Crippen LogP contribution in [0.3, 0.4) is 0 Å². The van der Waals surface area contributed by atoms with Crippen LogP contribution in [0.5, 0.6) is 0 Å². The molecule has 0 saturated carbocycles. The molecule has 0 bridgehead atoms. The number of rotatable bonds is 3. The van der Waals surface area contributed by atoms with Crippen molar-refractivity contribution in [3.8, 4) is 12.3 Å². The number of hydrogen-bond donors (Lipinski definition) is 0. The first kappa shape index (κ1) is 9.08. The predicted molar refractivity (Wildman–Crippen MR) is 51.8 cm³/mol. The minimum atomic E-state index is 0.739. The lowest BCUT2D eigenvalue weighted by Crippen LogP contribution is -1.92. The fourth-order valence-electron chi connectivity index (χ4n) is 0.800. The summed E-state index contributed by atoms with van der Waals surface area (Å²) < 4.78 is 0. The molecule has 0 aliphatic heterocycles. The van der Waals surface area contributed by atoms with Gasteiger partial charge < -0.3 is 0 Å². The topological polar surface area (TPSA) is 25.8 Å². The van der Waals surface area contributed by atoms with E-state index in [9.17, 15) is 0 Å². The molecule has 1 aromatic rings. The maximum Gasteiger partial charge on any atom is 0.125 e. The Kier molecular flexibility index (Phi) is 3.62. The molecule has 0 aliphatic rings. The molecule has 0 N–H and O–H groups in total. The summed E-state index contributed by atoms with van der Waals surface area (Å²) in [7, 11) is 0. The number of hydrogen-bond acceptors (Lipinski definition) is 3. The van der Waals surface area contributed by atoms with E-state index in [1.54, 1.807) is 18.0 Å². The molecule has 2 nitrogen and oxygen atoms in total. The summed E-state index contributed by atoms with van der Waals surface area (Å²) in [6.45, 7) is 1.88. The lowest BCUT2D eigenvalue weighted by atomic mass is 10.4. The average Bonchev–Trinajstić information content (AvgIpc) is 2.05. The summed E-state index contributed by atoms with van der Waals surface area (Å²) in [5.41, 5.74) is 1.04. The molecular formula is C9H10N2S. The molecule has 0 fully saturated rings. The minimum absolute atomic E-state index is 0.739. The van der Waals surface area contributed by atoms with Crippen molar-refractivity contribution in [2.75, 3.05) is 5.75 Å². The summed E-state index contributed by atoms with van der Waals surface area (Å²) in [6, 6.07) is 1.91. The van der Waals surface area contributed by atoms with Crippen LogP contribution in [0, 0.1) is 19.3 Å². The van der Waals surface area contributed by atoms with Gasteiger partial charge in [0, 0.05) is 11.9 Å². The molecule has 3 heteroatoms. The van der Waals surface area contributed by atoms with Crippen LogP contribution >= 0.6 is 11.8 Å². The van der Waals surface area contributed by atoms with Crippen LogP contribution in [0.2, 0.25) is 0 Å². The number of terminal acetylenes is 1. The van der Waals surface area contributed by atoms with Gasteiger partial charge in [0.25, 0.3) is 0 Å². The summed E-state index contributed by atoms with van der Waals surface area (Å²) in [5, 5.41) is 0. The Balaban J connectivity index is 2.48. The zero-order valence-corrected chi connectivity index (χ0v) is 7.77. The highest BCUT2D eigenvalue weighted by Crippen LogP contribution is 2.08. The van der Waals surface area contributed by atoms with Gasteiger partial charge in [0.1, 0.15) is 5.82 Å². The van der Waals surface area contributed by atoms with Gasteiger partial charge in [-0.1, -0.05) is 5.92 Å². The molecule has 0 aromatic carbocycles. The fourth-order valence-corrected chi connectivity index (χ4v) is 1.39. The molecule has 1 heterocycles. The van der Waals surface area contributed by atoms with Crippen LogP contribution in [0.4, 0.5) is 0 Å². The first-order chi connectivity index (χ1) is 5.83. The average molecular weight is 178 g/mol. The molecule has 0 radical (unpaired) electrons. The second kappa shape index (κ2) is 4.78. The largest absolute Gasteiger partial charge is 0.242 e. The molecule has 1 rings (SSSR count). The molecule has 1 aromatic heterocycles. The van der Waals surface area contributed by atoms with Gasteiger partial charge >= 0.3 is 0 Å². The van der Waals surface area contributed by atoms with Gasteiger partial charge in [-0.25, -0.2) is 9.97 Å². The fraction of sp³-hybridized carbons (Fsp3) is 0.333. The van der Waals surface area contributed by atoms with Crippen molar-refractivity contribution in [3.05, 3.63) is 23.8 Å². The third kappa shape index (κ3) is 2.93. The molecule has 12 heavy (non-hydrogen) atoms. The third-order valence-corrected chi connectivity index (χ3v) is 2.14. The van der Waals surface area contributed by atoms with Gasteiger partial charge in [0.05, 0.1) is 11.4 Å². The Morgan fingerprint density at radius 3 is 3.17 bits per heavy atom. The lowest BCUT2D eigenvalue weighted by molar-refractivity contribution is 1.00. The van der Waals surface area contributed by atoms with Crippen molar-refractivity contribution in [3.63, 3.8) is 0 Å². The number of aromatic nitrogens is 2. The van der Waals surface area contributed by atoms with E-state index >= 15 is 0 Å². The van der Waals surface area contributed by atoms with Crippen LogP contribution in [-0.2, 0) is 5.75 Å². The molecule has 0 aliphatic carbocycles. The van der Waals surface area contributed by atoms with Crippen LogP contribution in [0.15, 0.2) is 12.3 Å². The smallest absolute Gasteiger partial charge is 0.125 e. The molecule has 0 amide bonds. The standard InChI is InChI=1S/C9H10N2S/c1-3-6-12-7-9-4-5-10-8(2)11-9/h1,4-5H,6-7H2,2H3. The van der Waals surface area contributed by atoms with E-state index in [1.807, 2.05) is 13.0 Å². The van der Waals surface area contributed by atoms with Crippen molar-refractivity contribution in [2.45, 2.75) is 12.7 Å². The van der Waals surface area contributed by atoms with E-state index < -0.39 is 0 Å². The molecule has 0 spiro atoms. The highest BCUT2D eigenvalue weighted by Gasteiger charge is 1.94. The van der Waals surface area contributed by atoms with Crippen molar-refractivity contribution in [1.29, 1.82) is 0 Å². The third-order valence-electron chi connectivity index (χ3n) is 1.27. The van der Waals surface area contributed by atoms with Crippen molar-refractivity contribution in [2.24, 2.45) is 0 Å². The van der Waals surface area contributed by atoms with Gasteiger partial charge in [-0.2, -0.15) is 0 Å². The van der Waals surface area contributed by atoms with E-state index in [2.05, 4.69) is 15.9 Å². The van der Waals surface area contributed by atoms with Gasteiger partial charge in [0.15, 0.2) is 0 Å². The molecular weight excluding hydrogens is 168 g/mol. The monoisotopic (exact) mass is 178 g/mol. The van der Waals surface area contributed by atoms with E-state index in [0.29, 0.717) is 0 Å². The maximum absolute atomic E-state index is 5.12. The normalized spacial score (nSPS) is 9.33. The van der Waals surface area contributed by atoms with Gasteiger partial charge in [-0.3, -0.25) is 0 Å². The van der Waals surface area contributed by atoms with Gasteiger partial charge in [0.2, 0.25) is 0 Å². The summed E-state index contributed by atoms with van der Waals surface area (Å²) >= 11 is 1.69. The van der Waals surface area contributed by atoms with E-state index in [1.165, 1.54) is 0 Å². The van der Waals surface area contributed by atoms with E-state index in [0.717, 1.165) is 23.0 Å². The summed E-state index contributed by atoms with van der Waals surface area (Å²) in [4.78, 5) is 8.25. The van der Waals surface area contributed by atoms with Gasteiger partial charge in [-0.15, -0.1) is 18.2 Å². The van der Waals surface area contributed by atoms with Crippen molar-refractivity contribution in [1.82, 2.24) is 9.97 Å². The second-order valence-corrected chi connectivity index (χ2v) is 3.28. The Bertz CT molecular complexity index is 291. The molecule has 0 unspecified atom stereocenters. The first-order valence-corrected chi connectivity index (χ1v) is 4.78. The van der Waals surface area contributed by atoms with Crippen molar-refractivity contribution >= 4 is 11.8 Å². The number of nitrogens with zero attached hydrogens (tertiary/aromatic N) is 2. The highest BCUT2D eigenvalue weighted by molar-refractivity contribution is 7.98. The number of thioether (sulfide) groups is 1. The second-order valence-electron chi connectivity index (χ2n) is 2.29. The molecule has 0 saturated heterocycles. The number of aryl methyl sites for hydroxylation is 1. The Morgan fingerprint density at radius 2 is 2.50 bits per heavy atom. The van der Waals surface area contributed by atoms with E-state index in [4.69, 9.17) is 6.42 Å². The SMILES string of the molecule is C#CCSCc1ccnc(C)n1. The zero-order chi connectivity index (χ0) is 8.81. The quantitative estimate of drug-likeness (QED) is 0.520. The Labute approximate surface area is 76.8 Å². The minimum Gasteiger partial charge on any atom is -0.242 e. The van der Waals surface area contributed by atoms with E-state index in [-0.39, 0.29) is 0 Å². The van der Waals surface area contributed by atoms with Crippen LogP contribution in [0.25, 0.3) is 0 Å². The Hall–Kier alpha value is -1.01. The highest BCUT2D eigenvalue weighted by atomic mass is 32.2. The first-order valence-electron chi connectivity index (χ1n) is 3.62. The van der Waals surface area contributed by atoms with Crippen LogP contribution in [-0.4, -0.2) is 15.7 Å². The predicted octanol–water partition coefficient (Wildman–Crippen LogP) is 1.65. The zero-order valence-electron chi connectivity index (χ0n) is 6.95. The lowest BCUT2D eigenvalue weighted by Gasteiger charge is -1.97. The van der Waals surface area contributed by atoms with Crippen LogP contribution in [0.1, 0.15) is 11.5 Å². The Morgan fingerprint density at radius 1 is 1.67 bits per heavy atom. The molecule has 62 valence electrons. The van der Waals surface area contributed by atoms with Gasteiger partial charge in [-0.05, 0) is 13.0 Å².